The van der Waals surface area contributed by atoms with E-state index in [1.54, 1.807) is 39.1 Å². The zero-order valence-electron chi connectivity index (χ0n) is 11.4. The van der Waals surface area contributed by atoms with Crippen LogP contribution in [0.25, 0.3) is 0 Å². The molecule has 1 rings (SSSR count). The molecule has 0 atom stereocenters. The van der Waals surface area contributed by atoms with Gasteiger partial charge in [0.05, 0.1) is 16.8 Å². The maximum Gasteiger partial charge on any atom is 0.251 e. The first-order valence-electron chi connectivity index (χ1n) is 5.93. The number of carbonyl (C=O) groups excluding carboxylic acids is 2. The summed E-state index contributed by atoms with van der Waals surface area (Å²) in [5, 5.41) is 5.58. The summed E-state index contributed by atoms with van der Waals surface area (Å²) >= 11 is 0. The zero-order valence-corrected chi connectivity index (χ0v) is 11.4. The van der Waals surface area contributed by atoms with Crippen LogP contribution in [-0.2, 0) is 4.79 Å². The van der Waals surface area contributed by atoms with E-state index >= 15 is 0 Å². The molecule has 0 spiro atoms. The molecule has 0 unspecified atom stereocenters. The average molecular weight is 264 g/mol. The summed E-state index contributed by atoms with van der Waals surface area (Å²) < 4.78 is 0. The molecule has 0 aliphatic heterocycles. The second kappa shape index (κ2) is 5.60. The van der Waals surface area contributed by atoms with Gasteiger partial charge in [-0.05, 0) is 32.0 Å². The zero-order chi connectivity index (χ0) is 14.6. The predicted molar refractivity (Wildman–Crippen MR) is 75.7 cm³/mol. The minimum atomic E-state index is -0.699. The topological polar surface area (TPSA) is 110 Å². The van der Waals surface area contributed by atoms with Gasteiger partial charge in [0.1, 0.15) is 0 Å². The third-order valence-electron chi connectivity index (χ3n) is 2.93. The molecule has 19 heavy (non-hydrogen) atoms. The van der Waals surface area contributed by atoms with Crippen LogP contribution in [0.5, 0.6) is 0 Å². The summed E-state index contributed by atoms with van der Waals surface area (Å²) in [6.45, 7) is 3.81. The van der Waals surface area contributed by atoms with Gasteiger partial charge in [-0.25, -0.2) is 0 Å². The van der Waals surface area contributed by atoms with Crippen LogP contribution in [0.4, 0.5) is 11.4 Å². The molecule has 0 saturated carbocycles. The SMILES string of the molecule is CNC(=O)c1ccc(N)c(NCC(C)(C)C(N)=O)c1. The molecule has 0 aliphatic carbocycles. The molecule has 0 fully saturated rings. The Bertz CT molecular complexity index is 497. The largest absolute Gasteiger partial charge is 0.397 e. The Hall–Kier alpha value is -2.24. The Morgan fingerprint density at radius 1 is 1.32 bits per heavy atom. The number of nitrogens with one attached hydrogen (secondary N) is 2. The van der Waals surface area contributed by atoms with Crippen LogP contribution in [-0.4, -0.2) is 25.4 Å². The van der Waals surface area contributed by atoms with Crippen LogP contribution < -0.4 is 22.1 Å². The van der Waals surface area contributed by atoms with Crippen LogP contribution in [0.1, 0.15) is 24.2 Å². The fraction of sp³-hybridized carbons (Fsp3) is 0.385. The predicted octanol–water partition coefficient (Wildman–Crippen LogP) is 0.552. The average Bonchev–Trinajstić information content (AvgIpc) is 2.36. The molecule has 0 aliphatic rings. The summed E-state index contributed by atoms with van der Waals surface area (Å²) in [6, 6.07) is 4.92. The third kappa shape index (κ3) is 3.61. The quantitative estimate of drug-likeness (QED) is 0.582. The van der Waals surface area contributed by atoms with E-state index in [2.05, 4.69) is 10.6 Å². The van der Waals surface area contributed by atoms with Crippen molar-refractivity contribution in [1.82, 2.24) is 5.32 Å². The first-order chi connectivity index (χ1) is 8.77. The Balaban J connectivity index is 2.89. The highest BCUT2D eigenvalue weighted by Crippen LogP contribution is 2.22. The summed E-state index contributed by atoms with van der Waals surface area (Å²) in [6.07, 6.45) is 0. The molecule has 0 saturated heterocycles. The number of amides is 2. The number of primary amides is 1. The third-order valence-corrected chi connectivity index (χ3v) is 2.93. The van der Waals surface area contributed by atoms with Crippen molar-refractivity contribution < 1.29 is 9.59 Å². The summed E-state index contributed by atoms with van der Waals surface area (Å²) in [5.74, 6) is -0.599. The number of nitrogen functional groups attached to an aromatic ring is 1. The Kier molecular flexibility index (Phi) is 4.37. The fourth-order valence-electron chi connectivity index (χ4n) is 1.40. The van der Waals surface area contributed by atoms with E-state index in [1.807, 2.05) is 0 Å². The molecule has 104 valence electrons. The van der Waals surface area contributed by atoms with Gasteiger partial charge in [0.25, 0.3) is 5.91 Å². The van der Waals surface area contributed by atoms with E-state index < -0.39 is 11.3 Å². The van der Waals surface area contributed by atoms with Crippen LogP contribution in [0, 0.1) is 5.41 Å². The van der Waals surface area contributed by atoms with Crippen molar-refractivity contribution in [2.45, 2.75) is 13.8 Å². The van der Waals surface area contributed by atoms with Crippen LogP contribution >= 0.6 is 0 Å². The molecule has 0 radical (unpaired) electrons. The lowest BCUT2D eigenvalue weighted by Crippen LogP contribution is -2.37. The molecule has 0 bridgehead atoms. The van der Waals surface area contributed by atoms with E-state index in [4.69, 9.17) is 11.5 Å². The standard InChI is InChI=1S/C13H20N4O2/c1-13(2,12(15)19)7-17-10-6-8(11(18)16-3)4-5-9(10)14/h4-6,17H,7,14H2,1-3H3,(H2,15,19)(H,16,18). The summed E-state index contributed by atoms with van der Waals surface area (Å²) in [7, 11) is 1.56. The van der Waals surface area contributed by atoms with Crippen molar-refractivity contribution in [2.24, 2.45) is 11.1 Å². The summed E-state index contributed by atoms with van der Waals surface area (Å²) in [4.78, 5) is 22.8. The van der Waals surface area contributed by atoms with Gasteiger partial charge in [0.15, 0.2) is 0 Å². The van der Waals surface area contributed by atoms with Gasteiger partial charge in [-0.1, -0.05) is 0 Å². The number of carbonyl (C=O) groups is 2. The van der Waals surface area contributed by atoms with Gasteiger partial charge in [-0.2, -0.15) is 0 Å². The number of benzene rings is 1. The van der Waals surface area contributed by atoms with Gasteiger partial charge in [-0.3, -0.25) is 9.59 Å². The molecular weight excluding hydrogens is 244 g/mol. The van der Waals surface area contributed by atoms with Crippen LogP contribution in [0.2, 0.25) is 0 Å². The van der Waals surface area contributed by atoms with Crippen molar-refractivity contribution in [1.29, 1.82) is 0 Å². The molecule has 6 heteroatoms. The molecule has 0 aromatic heterocycles. The van der Waals surface area contributed by atoms with Crippen LogP contribution in [0.3, 0.4) is 0 Å². The second-order valence-electron chi connectivity index (χ2n) is 4.98. The molecule has 6 N–H and O–H groups in total. The number of hydrogen-bond acceptors (Lipinski definition) is 4. The Morgan fingerprint density at radius 3 is 2.47 bits per heavy atom. The minimum Gasteiger partial charge on any atom is -0.397 e. The normalized spacial score (nSPS) is 10.9. The highest BCUT2D eigenvalue weighted by Gasteiger charge is 2.24. The lowest BCUT2D eigenvalue weighted by Gasteiger charge is -2.22. The van der Waals surface area contributed by atoms with E-state index in [1.165, 1.54) is 0 Å². The first kappa shape index (κ1) is 14.8. The van der Waals surface area contributed by atoms with Crippen molar-refractivity contribution in [3.8, 4) is 0 Å². The Labute approximate surface area is 112 Å². The van der Waals surface area contributed by atoms with Crippen LogP contribution in [0.15, 0.2) is 18.2 Å². The fourth-order valence-corrected chi connectivity index (χ4v) is 1.40. The van der Waals surface area contributed by atoms with Gasteiger partial charge >= 0.3 is 0 Å². The molecule has 2 amide bonds. The van der Waals surface area contributed by atoms with E-state index in [0.717, 1.165) is 0 Å². The number of nitrogens with two attached hydrogens (primary N) is 2. The highest BCUT2D eigenvalue weighted by atomic mass is 16.2. The lowest BCUT2D eigenvalue weighted by molar-refractivity contribution is -0.125. The number of rotatable bonds is 5. The molecule has 0 heterocycles. The second-order valence-corrected chi connectivity index (χ2v) is 4.98. The highest BCUT2D eigenvalue weighted by molar-refractivity contribution is 5.96. The molecule has 1 aromatic rings. The monoisotopic (exact) mass is 264 g/mol. The van der Waals surface area contributed by atoms with Gasteiger partial charge in [-0.15, -0.1) is 0 Å². The first-order valence-corrected chi connectivity index (χ1v) is 5.93. The van der Waals surface area contributed by atoms with Crippen molar-refractivity contribution in [2.75, 3.05) is 24.6 Å². The van der Waals surface area contributed by atoms with Gasteiger partial charge in [0, 0.05) is 19.2 Å². The number of hydrogen-bond donors (Lipinski definition) is 4. The molecule has 6 nitrogen and oxygen atoms in total. The van der Waals surface area contributed by atoms with Gasteiger partial charge in [0.2, 0.25) is 5.91 Å². The van der Waals surface area contributed by atoms with Crippen molar-refractivity contribution in [3.63, 3.8) is 0 Å². The Morgan fingerprint density at radius 2 is 1.95 bits per heavy atom. The van der Waals surface area contributed by atoms with E-state index in [9.17, 15) is 9.59 Å². The van der Waals surface area contributed by atoms with E-state index in [-0.39, 0.29) is 5.91 Å². The smallest absolute Gasteiger partial charge is 0.251 e. The maximum absolute atomic E-state index is 11.5. The molecular formula is C13H20N4O2. The van der Waals surface area contributed by atoms with Crippen molar-refractivity contribution >= 4 is 23.2 Å². The lowest BCUT2D eigenvalue weighted by atomic mass is 9.92. The summed E-state index contributed by atoms with van der Waals surface area (Å²) in [5.41, 5.74) is 12.0. The van der Waals surface area contributed by atoms with Gasteiger partial charge < -0.3 is 22.1 Å². The maximum atomic E-state index is 11.5. The minimum absolute atomic E-state index is 0.197. The number of anilines is 2. The molecule has 1 aromatic carbocycles. The van der Waals surface area contributed by atoms with Crippen molar-refractivity contribution in [3.05, 3.63) is 23.8 Å². The van der Waals surface area contributed by atoms with E-state index in [0.29, 0.717) is 23.5 Å².